The van der Waals surface area contributed by atoms with Crippen LogP contribution < -0.4 is 4.35 Å². The number of rotatable bonds is 4. The van der Waals surface area contributed by atoms with Gasteiger partial charge in [0.05, 0.1) is 0 Å². The van der Waals surface area contributed by atoms with Crippen molar-refractivity contribution in [1.82, 2.24) is 0 Å². The summed E-state index contributed by atoms with van der Waals surface area (Å²) >= 11 is -2.16. The maximum atomic E-state index is 14.2. The van der Waals surface area contributed by atoms with E-state index in [1.165, 1.54) is 0 Å². The Hall–Kier alpha value is -2.08. The van der Waals surface area contributed by atoms with Gasteiger partial charge in [0.25, 0.3) is 0 Å². The van der Waals surface area contributed by atoms with Crippen molar-refractivity contribution < 1.29 is 37.0 Å². The zero-order valence-electron chi connectivity index (χ0n) is 11.0. The van der Waals surface area contributed by atoms with Crippen molar-refractivity contribution in [3.8, 4) is 5.75 Å². The van der Waals surface area contributed by atoms with E-state index in [1.54, 1.807) is 0 Å². The second kappa shape index (κ2) is 6.20. The van der Waals surface area contributed by atoms with Gasteiger partial charge < -0.3 is 0 Å². The number of phenols is 1. The molecule has 0 bridgehead atoms. The Bertz CT molecular complexity index is 779. The van der Waals surface area contributed by atoms with Crippen LogP contribution >= 0.6 is 0 Å². The maximum absolute atomic E-state index is 14.2. The fraction of sp³-hybridized carbons (Fsp3) is 0.0714. The van der Waals surface area contributed by atoms with Crippen LogP contribution in [-0.4, -0.2) is 31.9 Å². The second-order valence-electron chi connectivity index (χ2n) is 4.38. The van der Waals surface area contributed by atoms with Crippen molar-refractivity contribution in [2.24, 2.45) is 0 Å². The SMILES string of the molecule is O=C(O)c1cc([As]C(F)(F)c2ccc(F)c(F)c2F)ccc1O. The van der Waals surface area contributed by atoms with Crippen molar-refractivity contribution in [2.45, 2.75) is 4.71 Å². The Labute approximate surface area is 133 Å². The summed E-state index contributed by atoms with van der Waals surface area (Å²) in [7, 11) is 0. The van der Waals surface area contributed by atoms with Crippen LogP contribution in [0.4, 0.5) is 22.0 Å². The first-order chi connectivity index (χ1) is 10.6. The monoisotopic (exact) mass is 393 g/mol. The van der Waals surface area contributed by atoms with E-state index >= 15 is 0 Å². The molecule has 0 aromatic heterocycles. The van der Waals surface area contributed by atoms with Gasteiger partial charge >= 0.3 is 132 Å². The molecule has 2 N–H and O–H groups in total. The quantitative estimate of drug-likeness (QED) is 0.477. The third-order valence-corrected chi connectivity index (χ3v) is 5.06. The molecule has 1 radical (unpaired) electrons. The zero-order valence-corrected chi connectivity index (χ0v) is 12.9. The first kappa shape index (κ1) is 17.3. The molecule has 0 aliphatic rings. The molecule has 2 rings (SSSR count). The summed E-state index contributed by atoms with van der Waals surface area (Å²) in [6.07, 6.45) is 0. The van der Waals surface area contributed by atoms with E-state index in [2.05, 4.69) is 0 Å². The predicted molar refractivity (Wildman–Crippen MR) is 70.7 cm³/mol. The first-order valence-electron chi connectivity index (χ1n) is 5.94. The van der Waals surface area contributed by atoms with Crippen LogP contribution in [0, 0.1) is 17.5 Å². The van der Waals surface area contributed by atoms with Crippen molar-refractivity contribution in [1.29, 1.82) is 0 Å². The Morgan fingerprint density at radius 1 is 1.04 bits per heavy atom. The van der Waals surface area contributed by atoms with E-state index in [1.807, 2.05) is 0 Å². The summed E-state index contributed by atoms with van der Waals surface area (Å²) < 4.78 is 63.8. The van der Waals surface area contributed by atoms with Gasteiger partial charge in [0.1, 0.15) is 0 Å². The Balaban J connectivity index is 2.41. The Morgan fingerprint density at radius 2 is 1.70 bits per heavy atom. The van der Waals surface area contributed by atoms with Crippen LogP contribution in [0.15, 0.2) is 30.3 Å². The molecule has 0 aliphatic heterocycles. The molecule has 2 aromatic rings. The number of carboxylic acids is 1. The number of hydrogen-bond acceptors (Lipinski definition) is 2. The van der Waals surface area contributed by atoms with Crippen molar-refractivity contribution in [3.63, 3.8) is 0 Å². The third kappa shape index (κ3) is 3.47. The minimum atomic E-state index is -3.82. The molecule has 0 amide bonds. The van der Waals surface area contributed by atoms with Crippen LogP contribution in [0.2, 0.25) is 0 Å². The standard InChI is InChI=1S/C14H7AsF5O3/c16-9-3-2-8(11(17)12(9)18)14(19,20)15-6-1-4-10(21)7(5-6)13(22)23/h1-5,21H,(H,22,23). The Morgan fingerprint density at radius 3 is 2.30 bits per heavy atom. The molecule has 0 fully saturated rings. The zero-order chi connectivity index (χ0) is 17.4. The summed E-state index contributed by atoms with van der Waals surface area (Å²) in [5.74, 6) is -7.70. The van der Waals surface area contributed by atoms with Gasteiger partial charge in [-0.1, -0.05) is 0 Å². The third-order valence-electron chi connectivity index (χ3n) is 2.84. The molecular weight excluding hydrogens is 386 g/mol. The number of carbonyl (C=O) groups is 1. The van der Waals surface area contributed by atoms with Gasteiger partial charge in [-0.15, -0.1) is 0 Å². The molecule has 0 unspecified atom stereocenters. The van der Waals surface area contributed by atoms with Gasteiger partial charge in [-0.25, -0.2) is 0 Å². The molecule has 0 saturated heterocycles. The number of benzene rings is 2. The van der Waals surface area contributed by atoms with Crippen molar-refractivity contribution >= 4 is 26.1 Å². The fourth-order valence-electron chi connectivity index (χ4n) is 1.75. The minimum absolute atomic E-state index is 0.134. The molecule has 0 spiro atoms. The molecule has 9 heteroatoms. The molecule has 121 valence electrons. The Kier molecular flexibility index (Phi) is 4.65. The van der Waals surface area contributed by atoms with Crippen LogP contribution in [0.3, 0.4) is 0 Å². The van der Waals surface area contributed by atoms with Gasteiger partial charge in [-0.05, 0) is 0 Å². The van der Waals surface area contributed by atoms with E-state index in [-0.39, 0.29) is 4.35 Å². The average Bonchev–Trinajstić information content (AvgIpc) is 2.46. The molecule has 0 heterocycles. The number of aromatic hydroxyl groups is 1. The molecule has 23 heavy (non-hydrogen) atoms. The summed E-state index contributed by atoms with van der Waals surface area (Å²) in [5.41, 5.74) is -1.89. The number of aromatic carboxylic acids is 1. The van der Waals surface area contributed by atoms with Crippen molar-refractivity contribution in [3.05, 3.63) is 58.9 Å². The number of carboxylic acid groups (broad SMARTS) is 1. The first-order valence-corrected chi connectivity index (χ1v) is 7.82. The normalized spacial score (nSPS) is 12.0. The van der Waals surface area contributed by atoms with E-state index in [9.17, 15) is 31.9 Å². The molecule has 2 aromatic carbocycles. The van der Waals surface area contributed by atoms with E-state index in [4.69, 9.17) is 5.11 Å². The van der Waals surface area contributed by atoms with Gasteiger partial charge in [-0.2, -0.15) is 0 Å². The summed E-state index contributed by atoms with van der Waals surface area (Å²) in [4.78, 5) is 10.9. The second-order valence-corrected chi connectivity index (χ2v) is 7.11. The fourth-order valence-corrected chi connectivity index (χ4v) is 3.76. The molecule has 3 nitrogen and oxygen atoms in total. The number of alkyl halides is 2. The molecule has 0 atom stereocenters. The summed E-state index contributed by atoms with van der Waals surface area (Å²) in [6.45, 7) is 0. The van der Waals surface area contributed by atoms with Crippen LogP contribution in [0.5, 0.6) is 5.75 Å². The van der Waals surface area contributed by atoms with E-state index in [0.29, 0.717) is 12.1 Å². The van der Waals surface area contributed by atoms with Gasteiger partial charge in [0.2, 0.25) is 0 Å². The number of halogens is 5. The predicted octanol–water partition coefficient (Wildman–Crippen LogP) is 2.59. The van der Waals surface area contributed by atoms with Crippen LogP contribution in [-0.2, 0) is 4.71 Å². The topological polar surface area (TPSA) is 57.5 Å². The van der Waals surface area contributed by atoms with E-state index < -0.39 is 60.8 Å². The van der Waals surface area contributed by atoms with Crippen LogP contribution in [0.25, 0.3) is 0 Å². The summed E-state index contributed by atoms with van der Waals surface area (Å²) in [6, 6.07) is 3.66. The molecular formula is C14H7AsF5O3. The van der Waals surface area contributed by atoms with E-state index in [0.717, 1.165) is 18.2 Å². The number of hydrogen-bond donors (Lipinski definition) is 2. The van der Waals surface area contributed by atoms with Gasteiger partial charge in [-0.3, -0.25) is 0 Å². The van der Waals surface area contributed by atoms with Crippen LogP contribution in [0.1, 0.15) is 15.9 Å². The van der Waals surface area contributed by atoms with Crippen molar-refractivity contribution in [2.75, 3.05) is 0 Å². The summed E-state index contributed by atoms with van der Waals surface area (Å²) in [5, 5.41) is 18.2. The van der Waals surface area contributed by atoms with Gasteiger partial charge in [0.15, 0.2) is 0 Å². The van der Waals surface area contributed by atoms with Gasteiger partial charge in [0, 0.05) is 0 Å². The molecule has 0 aliphatic carbocycles. The molecule has 0 saturated carbocycles. The average molecular weight is 393 g/mol.